The Balaban J connectivity index is 3.59. The van der Waals surface area contributed by atoms with Gasteiger partial charge in [-0.25, -0.2) is 4.99 Å². The van der Waals surface area contributed by atoms with Gasteiger partial charge >= 0.3 is 6.18 Å². The van der Waals surface area contributed by atoms with E-state index in [1.165, 1.54) is 0 Å². The van der Waals surface area contributed by atoms with Gasteiger partial charge in [-0.15, -0.1) is 0 Å². The Bertz CT molecular complexity index is 410. The number of dihydropyridines is 1. The van der Waals surface area contributed by atoms with Crippen LogP contribution in [-0.4, -0.2) is 51.6 Å². The number of methoxy groups -OCH3 is 4. The van der Waals surface area contributed by atoms with Crippen LogP contribution in [0.1, 0.15) is 0 Å². The third-order valence-electron chi connectivity index (χ3n) is 2.68. The zero-order valence-corrected chi connectivity index (χ0v) is 11.4. The van der Waals surface area contributed by atoms with Crippen molar-refractivity contribution < 1.29 is 32.1 Å². The maximum absolute atomic E-state index is 13.4. The molecule has 1 rings (SSSR count). The van der Waals surface area contributed by atoms with Crippen molar-refractivity contribution in [3.05, 3.63) is 11.5 Å². The lowest BCUT2D eigenvalue weighted by Gasteiger charge is -2.40. The van der Waals surface area contributed by atoms with Crippen LogP contribution in [0.15, 0.2) is 16.5 Å². The van der Waals surface area contributed by atoms with Gasteiger partial charge in [0.25, 0.3) is 5.60 Å². The van der Waals surface area contributed by atoms with E-state index in [0.29, 0.717) is 0 Å². The number of ether oxygens (including phenoxy) is 4. The second-order valence-electron chi connectivity index (χ2n) is 3.51. The maximum Gasteiger partial charge on any atom is 0.429 e. The van der Waals surface area contributed by atoms with Gasteiger partial charge in [-0.05, 0) is 0 Å². The van der Waals surface area contributed by atoms with E-state index in [2.05, 4.69) is 9.73 Å². The minimum Gasteiger partial charge on any atom is -0.494 e. The predicted octanol–water partition coefficient (Wildman–Crippen LogP) is 2.06. The summed E-state index contributed by atoms with van der Waals surface area (Å²) >= 11 is 5.75. The quantitative estimate of drug-likeness (QED) is 0.798. The molecule has 9 heteroatoms. The van der Waals surface area contributed by atoms with Crippen LogP contribution in [0.2, 0.25) is 0 Å². The molecule has 1 heterocycles. The molecule has 1 aliphatic rings. The molecular formula is C10H13ClF3NO4. The molecule has 0 N–H and O–H groups in total. The van der Waals surface area contributed by atoms with E-state index in [4.69, 9.17) is 25.8 Å². The number of alkyl halides is 3. The minimum atomic E-state index is -4.85. The third-order valence-corrected chi connectivity index (χ3v) is 2.95. The van der Waals surface area contributed by atoms with Gasteiger partial charge in [0.05, 0.1) is 14.2 Å². The first-order valence-electron chi connectivity index (χ1n) is 5.01. The third kappa shape index (κ3) is 2.28. The van der Waals surface area contributed by atoms with Gasteiger partial charge in [0, 0.05) is 14.2 Å². The van der Waals surface area contributed by atoms with Crippen LogP contribution in [0.25, 0.3) is 0 Å². The maximum atomic E-state index is 13.4. The molecule has 2 unspecified atom stereocenters. The van der Waals surface area contributed by atoms with E-state index in [1.807, 2.05) is 0 Å². The van der Waals surface area contributed by atoms with Gasteiger partial charge in [0.15, 0.2) is 22.9 Å². The molecule has 0 aliphatic carbocycles. The average molecular weight is 304 g/mol. The van der Waals surface area contributed by atoms with Gasteiger partial charge < -0.3 is 18.9 Å². The highest BCUT2D eigenvalue weighted by atomic mass is 35.5. The first kappa shape index (κ1) is 16.1. The summed E-state index contributed by atoms with van der Waals surface area (Å²) in [7, 11) is 4.13. The topological polar surface area (TPSA) is 49.3 Å². The van der Waals surface area contributed by atoms with E-state index in [-0.39, 0.29) is 10.9 Å². The zero-order valence-electron chi connectivity index (χ0n) is 10.7. The van der Waals surface area contributed by atoms with Crippen molar-refractivity contribution in [2.45, 2.75) is 18.0 Å². The number of hydrogen-bond donors (Lipinski definition) is 0. The normalized spacial score (nSPS) is 28.2. The Morgan fingerprint density at radius 3 is 2.05 bits per heavy atom. The highest BCUT2D eigenvalue weighted by molar-refractivity contribution is 6.69. The number of hydrogen-bond acceptors (Lipinski definition) is 5. The molecule has 0 bridgehead atoms. The molecule has 0 radical (unpaired) electrons. The molecule has 110 valence electrons. The van der Waals surface area contributed by atoms with E-state index in [1.54, 1.807) is 0 Å². The van der Waals surface area contributed by atoms with Crippen molar-refractivity contribution >= 4 is 16.8 Å². The fourth-order valence-corrected chi connectivity index (χ4v) is 2.10. The van der Waals surface area contributed by atoms with E-state index < -0.39 is 23.8 Å². The fraction of sp³-hybridized carbons (Fsp3) is 0.700. The Hall–Kier alpha value is -0.990. The summed E-state index contributed by atoms with van der Waals surface area (Å²) in [4.78, 5) is 3.59. The largest absolute Gasteiger partial charge is 0.494 e. The molecule has 0 aromatic heterocycles. The number of rotatable bonds is 4. The van der Waals surface area contributed by atoms with Crippen LogP contribution in [0, 0.1) is 0 Å². The molecule has 5 nitrogen and oxygen atoms in total. The molecule has 0 amide bonds. The number of nitrogens with zero attached hydrogens (tertiary/aromatic N) is 1. The summed E-state index contributed by atoms with van der Waals surface area (Å²) in [6.45, 7) is 0. The van der Waals surface area contributed by atoms with Crippen LogP contribution in [-0.2, 0) is 18.9 Å². The van der Waals surface area contributed by atoms with Crippen molar-refractivity contribution in [1.29, 1.82) is 0 Å². The summed E-state index contributed by atoms with van der Waals surface area (Å²) in [5, 5.41) is -0.289. The summed E-state index contributed by atoms with van der Waals surface area (Å²) in [5.41, 5.74) is -2.92. The van der Waals surface area contributed by atoms with E-state index in [0.717, 1.165) is 28.4 Å². The van der Waals surface area contributed by atoms with Crippen molar-refractivity contribution in [2.24, 2.45) is 4.99 Å². The molecule has 0 saturated carbocycles. The van der Waals surface area contributed by atoms with Crippen molar-refractivity contribution in [3.8, 4) is 0 Å². The zero-order chi connectivity index (χ0) is 14.8. The SMILES string of the molecule is COC1=C(OC)C(OC)(C(F)(F)F)C(OC)N=C1Cl. The standard InChI is InChI=1S/C10H13ClF3NO4/c1-16-5-6(17-2)9(19-4,10(12,13)14)8(18-3)15-7(5)11/h8H,1-4H3. The van der Waals surface area contributed by atoms with Gasteiger partial charge in [-0.3, -0.25) is 0 Å². The molecule has 0 aromatic rings. The Morgan fingerprint density at radius 1 is 1.16 bits per heavy atom. The second kappa shape index (κ2) is 5.56. The molecule has 1 aliphatic heterocycles. The molecular weight excluding hydrogens is 291 g/mol. The van der Waals surface area contributed by atoms with Crippen molar-refractivity contribution in [1.82, 2.24) is 0 Å². The highest BCUT2D eigenvalue weighted by Crippen LogP contribution is 2.47. The van der Waals surface area contributed by atoms with Crippen LogP contribution < -0.4 is 0 Å². The molecule has 0 saturated heterocycles. The van der Waals surface area contributed by atoms with Gasteiger partial charge in [-0.1, -0.05) is 11.6 Å². The number of halogens is 4. The first-order chi connectivity index (χ1) is 8.79. The van der Waals surface area contributed by atoms with Gasteiger partial charge in [-0.2, -0.15) is 13.2 Å². The first-order valence-corrected chi connectivity index (χ1v) is 5.39. The smallest absolute Gasteiger partial charge is 0.429 e. The average Bonchev–Trinajstić information content (AvgIpc) is 2.35. The van der Waals surface area contributed by atoms with Crippen molar-refractivity contribution in [2.75, 3.05) is 28.4 Å². The molecule has 0 spiro atoms. The fourth-order valence-electron chi connectivity index (χ4n) is 1.84. The van der Waals surface area contributed by atoms with Gasteiger partial charge in [0.1, 0.15) is 0 Å². The molecule has 19 heavy (non-hydrogen) atoms. The Labute approximate surface area is 112 Å². The highest BCUT2D eigenvalue weighted by Gasteiger charge is 2.68. The predicted molar refractivity (Wildman–Crippen MR) is 60.9 cm³/mol. The lowest BCUT2D eigenvalue weighted by atomic mass is 9.94. The second-order valence-corrected chi connectivity index (χ2v) is 3.87. The number of aliphatic imine (C=N–C) groups is 1. The Kier molecular flexibility index (Phi) is 4.70. The lowest BCUT2D eigenvalue weighted by Crippen LogP contribution is -2.60. The molecule has 0 aromatic carbocycles. The molecule has 2 atom stereocenters. The Morgan fingerprint density at radius 2 is 1.74 bits per heavy atom. The van der Waals surface area contributed by atoms with Crippen molar-refractivity contribution in [3.63, 3.8) is 0 Å². The van der Waals surface area contributed by atoms with Crippen LogP contribution in [0.5, 0.6) is 0 Å². The van der Waals surface area contributed by atoms with Crippen LogP contribution in [0.4, 0.5) is 13.2 Å². The monoisotopic (exact) mass is 303 g/mol. The van der Waals surface area contributed by atoms with Crippen LogP contribution >= 0.6 is 11.6 Å². The van der Waals surface area contributed by atoms with E-state index in [9.17, 15) is 13.2 Å². The minimum absolute atomic E-state index is 0.289. The van der Waals surface area contributed by atoms with Crippen LogP contribution in [0.3, 0.4) is 0 Å². The summed E-state index contributed by atoms with van der Waals surface area (Å²) < 4.78 is 59.3. The summed E-state index contributed by atoms with van der Waals surface area (Å²) in [6.07, 6.45) is -6.59. The summed E-state index contributed by atoms with van der Waals surface area (Å²) in [6, 6.07) is 0. The van der Waals surface area contributed by atoms with Gasteiger partial charge in [0.2, 0.25) is 0 Å². The summed E-state index contributed by atoms with van der Waals surface area (Å²) in [5.74, 6) is -0.992. The lowest BCUT2D eigenvalue weighted by molar-refractivity contribution is -0.297. The number of allylic oxidation sites excluding steroid dienone is 1. The molecule has 0 fully saturated rings. The van der Waals surface area contributed by atoms with E-state index >= 15 is 0 Å².